The van der Waals surface area contributed by atoms with E-state index in [9.17, 15) is 0 Å². The molecule has 5 nitrogen and oxygen atoms in total. The Morgan fingerprint density at radius 3 is 2.74 bits per heavy atom. The molecule has 5 rings (SSSR count). The van der Waals surface area contributed by atoms with Crippen LogP contribution < -0.4 is 4.90 Å². The fraction of sp³-hybridized carbons (Fsp3) is 0.429. The summed E-state index contributed by atoms with van der Waals surface area (Å²) in [6.45, 7) is 7.50. The Morgan fingerprint density at radius 1 is 1.04 bits per heavy atom. The fourth-order valence-corrected chi connectivity index (χ4v) is 5.06. The molecular weight excluding hydrogens is 354 g/mol. The Balaban J connectivity index is 1.27. The van der Waals surface area contributed by atoms with Gasteiger partial charge < -0.3 is 9.80 Å². The van der Waals surface area contributed by atoms with Gasteiger partial charge in [0, 0.05) is 69.7 Å². The Hall–Kier alpha value is -2.02. The van der Waals surface area contributed by atoms with Gasteiger partial charge in [-0.1, -0.05) is 12.1 Å². The molecule has 0 saturated carbocycles. The lowest BCUT2D eigenvalue weighted by Crippen LogP contribution is -2.44. The lowest BCUT2D eigenvalue weighted by molar-refractivity contribution is 0.286. The number of fused-ring (bicyclic) bond motifs is 2. The molecule has 1 aromatic carbocycles. The molecular formula is C21H25N5S. The van der Waals surface area contributed by atoms with Crippen molar-refractivity contribution < 1.29 is 0 Å². The van der Waals surface area contributed by atoms with E-state index in [0.717, 1.165) is 57.8 Å². The molecule has 0 radical (unpaired) electrons. The minimum atomic E-state index is 0.960. The highest BCUT2D eigenvalue weighted by Crippen LogP contribution is 2.31. The first-order valence-corrected chi connectivity index (χ1v) is 10.5. The van der Waals surface area contributed by atoms with E-state index in [1.807, 2.05) is 17.5 Å². The van der Waals surface area contributed by atoms with E-state index in [1.165, 1.54) is 26.7 Å². The summed E-state index contributed by atoms with van der Waals surface area (Å²) in [7, 11) is 2.21. The molecule has 0 spiro atoms. The van der Waals surface area contributed by atoms with E-state index < -0.39 is 0 Å². The Bertz CT molecular complexity index is 912. The predicted molar refractivity (Wildman–Crippen MR) is 111 cm³/mol. The molecule has 0 bridgehead atoms. The molecule has 2 aliphatic heterocycles. The first-order chi connectivity index (χ1) is 13.3. The van der Waals surface area contributed by atoms with Crippen LogP contribution in [-0.4, -0.2) is 59.5 Å². The van der Waals surface area contributed by atoms with Crippen molar-refractivity contribution in [3.63, 3.8) is 0 Å². The van der Waals surface area contributed by atoms with Crippen LogP contribution in [0.1, 0.15) is 16.3 Å². The molecule has 6 heteroatoms. The van der Waals surface area contributed by atoms with Gasteiger partial charge in [-0.05, 0) is 25.2 Å². The number of aromatic nitrogens is 2. The second-order valence-corrected chi connectivity index (χ2v) is 8.70. The molecule has 2 aromatic heterocycles. The van der Waals surface area contributed by atoms with Gasteiger partial charge in [-0.2, -0.15) is 0 Å². The maximum absolute atomic E-state index is 4.78. The number of piperazine rings is 1. The number of likely N-dealkylation sites (N-methyl/N-ethyl adjacent to an activating group) is 1. The topological polar surface area (TPSA) is 35.5 Å². The summed E-state index contributed by atoms with van der Waals surface area (Å²) in [6.07, 6.45) is 3.00. The summed E-state index contributed by atoms with van der Waals surface area (Å²) in [4.78, 5) is 16.9. The van der Waals surface area contributed by atoms with Crippen molar-refractivity contribution in [1.82, 2.24) is 19.8 Å². The third-order valence-corrected chi connectivity index (χ3v) is 6.80. The van der Waals surface area contributed by atoms with Crippen molar-refractivity contribution in [1.29, 1.82) is 0 Å². The zero-order chi connectivity index (χ0) is 18.2. The first kappa shape index (κ1) is 17.1. The summed E-state index contributed by atoms with van der Waals surface area (Å²) in [5.41, 5.74) is 5.22. The highest BCUT2D eigenvalue weighted by Gasteiger charge is 2.26. The van der Waals surface area contributed by atoms with Gasteiger partial charge in [0.05, 0.1) is 20.9 Å². The number of para-hydroxylation sites is 1. The van der Waals surface area contributed by atoms with Crippen molar-refractivity contribution in [2.24, 2.45) is 0 Å². The van der Waals surface area contributed by atoms with E-state index in [-0.39, 0.29) is 0 Å². The Labute approximate surface area is 164 Å². The SMILES string of the molecule is CN1CCN(c2ccnc3c2CN(CCc2nc4ccccc4s2)C3)CC1. The smallest absolute Gasteiger partial charge is 0.0951 e. The van der Waals surface area contributed by atoms with Crippen LogP contribution >= 0.6 is 11.3 Å². The fourth-order valence-electron chi connectivity index (χ4n) is 4.11. The van der Waals surface area contributed by atoms with Gasteiger partial charge in [-0.25, -0.2) is 4.98 Å². The third kappa shape index (κ3) is 3.45. The van der Waals surface area contributed by atoms with E-state index in [4.69, 9.17) is 4.98 Å². The number of hydrogen-bond donors (Lipinski definition) is 0. The molecule has 0 N–H and O–H groups in total. The molecule has 1 fully saturated rings. The average Bonchev–Trinajstić information content (AvgIpc) is 3.30. The minimum Gasteiger partial charge on any atom is -0.369 e. The van der Waals surface area contributed by atoms with Crippen LogP contribution in [0.25, 0.3) is 10.2 Å². The van der Waals surface area contributed by atoms with Crippen LogP contribution in [0.15, 0.2) is 36.5 Å². The van der Waals surface area contributed by atoms with Gasteiger partial charge in [-0.3, -0.25) is 9.88 Å². The molecule has 3 aromatic rings. The van der Waals surface area contributed by atoms with Crippen molar-refractivity contribution in [3.05, 3.63) is 52.8 Å². The molecule has 27 heavy (non-hydrogen) atoms. The van der Waals surface area contributed by atoms with Crippen LogP contribution in [0, 0.1) is 0 Å². The van der Waals surface area contributed by atoms with Crippen LogP contribution in [0.4, 0.5) is 5.69 Å². The second kappa shape index (κ2) is 7.19. The van der Waals surface area contributed by atoms with Crippen molar-refractivity contribution >= 4 is 27.2 Å². The molecule has 1 saturated heterocycles. The number of thiazole rings is 1. The molecule has 0 aliphatic carbocycles. The molecule has 0 atom stereocenters. The van der Waals surface area contributed by atoms with Gasteiger partial charge in [-0.15, -0.1) is 11.3 Å². The van der Waals surface area contributed by atoms with Crippen LogP contribution in [0.2, 0.25) is 0 Å². The van der Waals surface area contributed by atoms with Crippen molar-refractivity contribution in [3.8, 4) is 0 Å². The van der Waals surface area contributed by atoms with E-state index in [0.29, 0.717) is 0 Å². The zero-order valence-electron chi connectivity index (χ0n) is 15.8. The van der Waals surface area contributed by atoms with Crippen LogP contribution in [0.3, 0.4) is 0 Å². The highest BCUT2D eigenvalue weighted by atomic mass is 32.1. The summed E-state index contributed by atoms with van der Waals surface area (Å²) in [6, 6.07) is 10.6. The van der Waals surface area contributed by atoms with E-state index in [2.05, 4.69) is 57.1 Å². The van der Waals surface area contributed by atoms with Gasteiger partial charge in [0.25, 0.3) is 0 Å². The number of benzene rings is 1. The third-order valence-electron chi connectivity index (χ3n) is 5.70. The molecule has 140 valence electrons. The number of hydrogen-bond acceptors (Lipinski definition) is 6. The Kier molecular flexibility index (Phi) is 4.55. The minimum absolute atomic E-state index is 0.960. The van der Waals surface area contributed by atoms with Crippen molar-refractivity contribution in [2.45, 2.75) is 19.5 Å². The number of pyridine rings is 1. The van der Waals surface area contributed by atoms with E-state index in [1.54, 1.807) is 0 Å². The standard InChI is InChI=1S/C21H25N5S/c1-24-10-12-26(13-11-24)19-6-8-22-18-15-25(14-16(18)19)9-7-21-23-17-4-2-3-5-20(17)27-21/h2-6,8H,7,9-15H2,1H3. The molecule has 4 heterocycles. The zero-order valence-corrected chi connectivity index (χ0v) is 16.6. The quantitative estimate of drug-likeness (QED) is 0.696. The van der Waals surface area contributed by atoms with Gasteiger partial charge in [0.1, 0.15) is 0 Å². The number of nitrogens with zero attached hydrogens (tertiary/aromatic N) is 5. The monoisotopic (exact) mass is 379 g/mol. The summed E-state index contributed by atoms with van der Waals surface area (Å²) < 4.78 is 1.29. The molecule has 0 amide bonds. The number of anilines is 1. The second-order valence-electron chi connectivity index (χ2n) is 7.58. The summed E-state index contributed by atoms with van der Waals surface area (Å²) in [5.74, 6) is 0. The van der Waals surface area contributed by atoms with Gasteiger partial charge in [0.15, 0.2) is 0 Å². The summed E-state index contributed by atoms with van der Waals surface area (Å²) in [5, 5.41) is 1.24. The lowest BCUT2D eigenvalue weighted by atomic mass is 10.1. The maximum atomic E-state index is 4.78. The molecule has 0 unspecified atom stereocenters. The van der Waals surface area contributed by atoms with Crippen molar-refractivity contribution in [2.75, 3.05) is 44.7 Å². The largest absolute Gasteiger partial charge is 0.369 e. The molecule has 2 aliphatic rings. The van der Waals surface area contributed by atoms with Crippen LogP contribution in [0.5, 0.6) is 0 Å². The predicted octanol–water partition coefficient (Wildman–Crippen LogP) is 3.00. The Morgan fingerprint density at radius 2 is 1.89 bits per heavy atom. The lowest BCUT2D eigenvalue weighted by Gasteiger charge is -2.35. The van der Waals surface area contributed by atoms with Gasteiger partial charge >= 0.3 is 0 Å². The average molecular weight is 380 g/mol. The summed E-state index contributed by atoms with van der Waals surface area (Å²) >= 11 is 1.82. The first-order valence-electron chi connectivity index (χ1n) is 9.73. The maximum Gasteiger partial charge on any atom is 0.0951 e. The van der Waals surface area contributed by atoms with Crippen LogP contribution in [-0.2, 0) is 19.5 Å². The van der Waals surface area contributed by atoms with E-state index >= 15 is 0 Å². The number of rotatable bonds is 4. The highest BCUT2D eigenvalue weighted by molar-refractivity contribution is 7.18. The van der Waals surface area contributed by atoms with Gasteiger partial charge in [0.2, 0.25) is 0 Å². The normalized spacial score (nSPS) is 18.3.